The van der Waals surface area contributed by atoms with Crippen LogP contribution in [-0.2, 0) is 13.1 Å². The molecule has 7 nitrogen and oxygen atoms in total. The molecule has 32 heavy (non-hydrogen) atoms. The molecule has 174 valence electrons. The van der Waals surface area contributed by atoms with Crippen LogP contribution in [0.15, 0.2) is 47.5 Å². The van der Waals surface area contributed by atoms with Gasteiger partial charge in [-0.25, -0.2) is 0 Å². The van der Waals surface area contributed by atoms with Gasteiger partial charge in [0.15, 0.2) is 5.96 Å². The number of benzene rings is 2. The predicted molar refractivity (Wildman–Crippen MR) is 138 cm³/mol. The van der Waals surface area contributed by atoms with Crippen molar-refractivity contribution in [1.82, 2.24) is 15.5 Å². The van der Waals surface area contributed by atoms with E-state index in [2.05, 4.69) is 15.6 Å². The van der Waals surface area contributed by atoms with E-state index in [4.69, 9.17) is 9.47 Å². The van der Waals surface area contributed by atoms with Gasteiger partial charge in [0.1, 0.15) is 11.5 Å². The van der Waals surface area contributed by atoms with Crippen molar-refractivity contribution in [3.8, 4) is 11.5 Å². The molecule has 2 N–H and O–H groups in total. The van der Waals surface area contributed by atoms with E-state index in [9.17, 15) is 4.79 Å². The second-order valence-corrected chi connectivity index (χ2v) is 7.51. The van der Waals surface area contributed by atoms with E-state index in [0.717, 1.165) is 54.1 Å². The van der Waals surface area contributed by atoms with Gasteiger partial charge in [0.25, 0.3) is 5.91 Å². The van der Waals surface area contributed by atoms with Crippen molar-refractivity contribution < 1.29 is 14.3 Å². The van der Waals surface area contributed by atoms with Crippen molar-refractivity contribution in [3.63, 3.8) is 0 Å². The summed E-state index contributed by atoms with van der Waals surface area (Å²) in [5.41, 5.74) is 2.84. The maximum absolute atomic E-state index is 12.6. The zero-order valence-corrected chi connectivity index (χ0v) is 21.3. The first-order chi connectivity index (χ1) is 15.1. The van der Waals surface area contributed by atoms with Crippen LogP contribution in [0.1, 0.15) is 40.7 Å². The molecule has 8 heteroatoms. The van der Waals surface area contributed by atoms with E-state index >= 15 is 0 Å². The number of likely N-dealkylation sites (tertiary alicyclic amines) is 1. The molecular weight excluding hydrogens is 519 g/mol. The minimum atomic E-state index is 0. The van der Waals surface area contributed by atoms with E-state index in [1.165, 1.54) is 6.42 Å². The third kappa shape index (κ3) is 7.01. The molecule has 2 aromatic carbocycles. The topological polar surface area (TPSA) is 75.2 Å². The molecule has 0 radical (unpaired) electrons. The molecule has 1 fully saturated rings. The van der Waals surface area contributed by atoms with Crippen molar-refractivity contribution in [2.45, 2.75) is 32.4 Å². The first-order valence-electron chi connectivity index (χ1n) is 10.7. The molecule has 1 aliphatic heterocycles. The Morgan fingerprint density at radius 2 is 1.66 bits per heavy atom. The largest absolute Gasteiger partial charge is 0.497 e. The van der Waals surface area contributed by atoms with Gasteiger partial charge in [-0.2, -0.15) is 0 Å². The Morgan fingerprint density at radius 1 is 0.969 bits per heavy atom. The van der Waals surface area contributed by atoms with E-state index in [-0.39, 0.29) is 29.9 Å². The number of aliphatic imine (C=N–C) groups is 1. The second-order valence-electron chi connectivity index (χ2n) is 7.51. The molecule has 2 aromatic rings. The second kappa shape index (κ2) is 13.1. The van der Waals surface area contributed by atoms with Gasteiger partial charge in [0, 0.05) is 50.4 Å². The van der Waals surface area contributed by atoms with Crippen molar-refractivity contribution >= 4 is 35.8 Å². The normalized spacial score (nSPS) is 13.7. The highest BCUT2D eigenvalue weighted by Crippen LogP contribution is 2.24. The number of hydrogen-bond acceptors (Lipinski definition) is 4. The fourth-order valence-electron chi connectivity index (χ4n) is 3.63. The lowest BCUT2D eigenvalue weighted by molar-refractivity contribution is 0.0724. The van der Waals surface area contributed by atoms with Gasteiger partial charge in [0.05, 0.1) is 14.2 Å². The first-order valence-corrected chi connectivity index (χ1v) is 10.7. The summed E-state index contributed by atoms with van der Waals surface area (Å²) in [4.78, 5) is 18.8. The summed E-state index contributed by atoms with van der Waals surface area (Å²) < 4.78 is 10.7. The number of methoxy groups -OCH3 is 2. The van der Waals surface area contributed by atoms with Gasteiger partial charge >= 0.3 is 0 Å². The average Bonchev–Trinajstić information content (AvgIpc) is 2.84. The number of halogens is 1. The van der Waals surface area contributed by atoms with Crippen molar-refractivity contribution in [3.05, 3.63) is 59.2 Å². The van der Waals surface area contributed by atoms with Crippen LogP contribution >= 0.6 is 24.0 Å². The lowest BCUT2D eigenvalue weighted by Crippen LogP contribution is -2.36. The molecule has 3 rings (SSSR count). The van der Waals surface area contributed by atoms with Crippen molar-refractivity contribution in [2.24, 2.45) is 4.99 Å². The van der Waals surface area contributed by atoms with Crippen LogP contribution < -0.4 is 20.1 Å². The molecule has 1 aliphatic rings. The number of nitrogens with one attached hydrogen (secondary N) is 2. The minimum absolute atomic E-state index is 0. The summed E-state index contributed by atoms with van der Waals surface area (Å²) in [7, 11) is 5.01. The number of hydrogen-bond donors (Lipinski definition) is 2. The Balaban J connectivity index is 0.00000363. The molecule has 0 aliphatic carbocycles. The fraction of sp³-hybridized carbons (Fsp3) is 0.417. The Morgan fingerprint density at radius 3 is 2.28 bits per heavy atom. The molecule has 0 saturated carbocycles. The third-order valence-corrected chi connectivity index (χ3v) is 5.47. The standard InChI is InChI=1S/C24H32N4O3.HI/c1-25-24(27-17-20-11-12-21(30-2)15-22(20)31-3)26-16-18-7-9-19(10-8-18)23(29)28-13-5-4-6-14-28;/h7-12,15H,4-6,13-14,16-17H2,1-3H3,(H2,25,26,27);1H. The van der Waals surface area contributed by atoms with Gasteiger partial charge in [-0.1, -0.05) is 12.1 Å². The van der Waals surface area contributed by atoms with Gasteiger partial charge in [-0.3, -0.25) is 9.79 Å². The summed E-state index contributed by atoms with van der Waals surface area (Å²) in [6, 6.07) is 13.5. The highest BCUT2D eigenvalue weighted by Gasteiger charge is 2.17. The summed E-state index contributed by atoms with van der Waals surface area (Å²) in [6.45, 7) is 2.90. The molecule has 0 spiro atoms. The Labute approximate surface area is 207 Å². The van der Waals surface area contributed by atoms with Crippen LogP contribution in [0.2, 0.25) is 0 Å². The lowest BCUT2D eigenvalue weighted by atomic mass is 10.1. The van der Waals surface area contributed by atoms with E-state index in [1.807, 2.05) is 47.4 Å². The molecule has 0 atom stereocenters. The Bertz CT molecular complexity index is 897. The molecule has 1 saturated heterocycles. The smallest absolute Gasteiger partial charge is 0.253 e. The van der Waals surface area contributed by atoms with E-state index in [0.29, 0.717) is 19.0 Å². The summed E-state index contributed by atoms with van der Waals surface area (Å²) >= 11 is 0. The maximum Gasteiger partial charge on any atom is 0.253 e. The van der Waals surface area contributed by atoms with Crippen LogP contribution in [0.3, 0.4) is 0 Å². The number of carbonyl (C=O) groups excluding carboxylic acids is 1. The van der Waals surface area contributed by atoms with Gasteiger partial charge in [-0.05, 0) is 49.1 Å². The molecule has 0 bridgehead atoms. The molecule has 0 aromatic heterocycles. The predicted octanol–water partition coefficient (Wildman–Crippen LogP) is 3.81. The van der Waals surface area contributed by atoms with Gasteiger partial charge < -0.3 is 25.0 Å². The lowest BCUT2D eigenvalue weighted by Gasteiger charge is -2.26. The van der Waals surface area contributed by atoms with Gasteiger partial charge in [-0.15, -0.1) is 24.0 Å². The zero-order valence-electron chi connectivity index (χ0n) is 19.0. The Hall–Kier alpha value is -2.49. The monoisotopic (exact) mass is 552 g/mol. The SMILES string of the molecule is CN=C(NCc1ccc(C(=O)N2CCCCC2)cc1)NCc1ccc(OC)cc1OC.I. The highest BCUT2D eigenvalue weighted by atomic mass is 127. The van der Waals surface area contributed by atoms with Crippen LogP contribution in [-0.4, -0.2) is 51.1 Å². The van der Waals surface area contributed by atoms with Crippen LogP contribution in [0.4, 0.5) is 0 Å². The molecule has 1 heterocycles. The Kier molecular flexibility index (Phi) is 10.6. The molecule has 0 unspecified atom stereocenters. The number of guanidine groups is 1. The number of amides is 1. The zero-order chi connectivity index (χ0) is 22.1. The van der Waals surface area contributed by atoms with E-state index < -0.39 is 0 Å². The number of nitrogens with zero attached hydrogens (tertiary/aromatic N) is 2. The van der Waals surface area contributed by atoms with Gasteiger partial charge in [0.2, 0.25) is 0 Å². The van der Waals surface area contributed by atoms with Crippen LogP contribution in [0, 0.1) is 0 Å². The molecule has 1 amide bonds. The van der Waals surface area contributed by atoms with E-state index in [1.54, 1.807) is 21.3 Å². The average molecular weight is 552 g/mol. The minimum Gasteiger partial charge on any atom is -0.497 e. The first kappa shape index (κ1) is 25.8. The van der Waals surface area contributed by atoms with Crippen LogP contribution in [0.25, 0.3) is 0 Å². The third-order valence-electron chi connectivity index (χ3n) is 5.47. The number of carbonyl (C=O) groups is 1. The quantitative estimate of drug-likeness (QED) is 0.311. The maximum atomic E-state index is 12.6. The van der Waals surface area contributed by atoms with Crippen LogP contribution in [0.5, 0.6) is 11.5 Å². The summed E-state index contributed by atoms with van der Waals surface area (Å²) in [5, 5.41) is 6.60. The van der Waals surface area contributed by atoms with Crippen molar-refractivity contribution in [2.75, 3.05) is 34.4 Å². The highest BCUT2D eigenvalue weighted by molar-refractivity contribution is 14.0. The molecular formula is C24H33IN4O3. The summed E-state index contributed by atoms with van der Waals surface area (Å²) in [5.74, 6) is 2.33. The summed E-state index contributed by atoms with van der Waals surface area (Å²) in [6.07, 6.45) is 3.42. The number of ether oxygens (including phenoxy) is 2. The fourth-order valence-corrected chi connectivity index (χ4v) is 3.63. The number of rotatable bonds is 7. The number of piperidine rings is 1. The van der Waals surface area contributed by atoms with Crippen molar-refractivity contribution in [1.29, 1.82) is 0 Å².